The van der Waals surface area contributed by atoms with Crippen LogP contribution in [-0.2, 0) is 4.74 Å². The van der Waals surface area contributed by atoms with Crippen LogP contribution in [-0.4, -0.2) is 44.3 Å². The van der Waals surface area contributed by atoms with Gasteiger partial charge in [-0.3, -0.25) is 0 Å². The van der Waals surface area contributed by atoms with Crippen LogP contribution in [0, 0.1) is 5.92 Å². The van der Waals surface area contributed by atoms with Gasteiger partial charge in [0.2, 0.25) is 0 Å². The predicted octanol–water partition coefficient (Wildman–Crippen LogP) is 0.302. The van der Waals surface area contributed by atoms with Crippen molar-refractivity contribution in [2.24, 2.45) is 11.7 Å². The molecule has 1 rings (SSSR count). The quantitative estimate of drug-likeness (QED) is 0.663. The van der Waals surface area contributed by atoms with E-state index in [0.29, 0.717) is 12.0 Å². The van der Waals surface area contributed by atoms with Gasteiger partial charge in [0.25, 0.3) is 0 Å². The van der Waals surface area contributed by atoms with Crippen LogP contribution in [0.5, 0.6) is 0 Å². The summed E-state index contributed by atoms with van der Waals surface area (Å²) in [6.07, 6.45) is 1.15. The van der Waals surface area contributed by atoms with Crippen LogP contribution < -0.4 is 5.73 Å². The first-order chi connectivity index (χ1) is 5.72. The number of ether oxygens (including phenoxy) is 1. The molecule has 0 aromatic rings. The summed E-state index contributed by atoms with van der Waals surface area (Å²) in [7, 11) is 1.76. The zero-order valence-electron chi connectivity index (χ0n) is 8.12. The van der Waals surface area contributed by atoms with Crippen molar-refractivity contribution in [1.82, 2.24) is 4.90 Å². The van der Waals surface area contributed by atoms with E-state index in [2.05, 4.69) is 11.8 Å². The highest BCUT2D eigenvalue weighted by atomic mass is 16.5. The Bertz CT molecular complexity index is 130. The molecule has 0 bridgehead atoms. The van der Waals surface area contributed by atoms with Gasteiger partial charge in [0, 0.05) is 32.8 Å². The van der Waals surface area contributed by atoms with Gasteiger partial charge in [-0.15, -0.1) is 0 Å². The zero-order chi connectivity index (χ0) is 8.97. The molecule has 1 saturated heterocycles. The van der Waals surface area contributed by atoms with Gasteiger partial charge in [-0.2, -0.15) is 0 Å². The van der Waals surface area contributed by atoms with Crippen molar-refractivity contribution in [3.63, 3.8) is 0 Å². The zero-order valence-corrected chi connectivity index (χ0v) is 8.12. The van der Waals surface area contributed by atoms with Crippen molar-refractivity contribution in [2.45, 2.75) is 19.4 Å². The number of hydrogen-bond acceptors (Lipinski definition) is 3. The van der Waals surface area contributed by atoms with Crippen molar-refractivity contribution in [2.75, 3.05) is 33.4 Å². The van der Waals surface area contributed by atoms with Gasteiger partial charge in [0.1, 0.15) is 0 Å². The summed E-state index contributed by atoms with van der Waals surface area (Å²) >= 11 is 0. The Morgan fingerprint density at radius 2 is 2.42 bits per heavy atom. The van der Waals surface area contributed by atoms with E-state index in [1.54, 1.807) is 7.11 Å². The van der Waals surface area contributed by atoms with E-state index in [-0.39, 0.29) is 0 Å². The Hall–Kier alpha value is -0.120. The van der Waals surface area contributed by atoms with E-state index in [9.17, 15) is 0 Å². The predicted molar refractivity (Wildman–Crippen MR) is 50.1 cm³/mol. The SMILES string of the molecule is COCC(C)CN1CCC(N)C1. The largest absolute Gasteiger partial charge is 0.384 e. The number of likely N-dealkylation sites (tertiary alicyclic amines) is 1. The molecule has 0 radical (unpaired) electrons. The molecule has 1 aliphatic heterocycles. The van der Waals surface area contributed by atoms with Gasteiger partial charge in [-0.05, 0) is 18.9 Å². The van der Waals surface area contributed by atoms with E-state index in [1.165, 1.54) is 0 Å². The third kappa shape index (κ3) is 3.09. The maximum Gasteiger partial charge on any atom is 0.0500 e. The molecule has 2 unspecified atom stereocenters. The van der Waals surface area contributed by atoms with Crippen LogP contribution in [0.3, 0.4) is 0 Å². The third-order valence-electron chi connectivity index (χ3n) is 2.33. The van der Waals surface area contributed by atoms with Crippen molar-refractivity contribution < 1.29 is 4.74 Å². The second-order valence-electron chi connectivity index (χ2n) is 3.87. The summed E-state index contributed by atoms with van der Waals surface area (Å²) in [5.74, 6) is 0.625. The Kier molecular flexibility index (Phi) is 3.98. The van der Waals surface area contributed by atoms with Crippen molar-refractivity contribution >= 4 is 0 Å². The van der Waals surface area contributed by atoms with E-state index in [1.807, 2.05) is 0 Å². The summed E-state index contributed by atoms with van der Waals surface area (Å²) in [6, 6.07) is 0.403. The molecule has 0 aromatic carbocycles. The molecule has 2 atom stereocenters. The van der Waals surface area contributed by atoms with Crippen LogP contribution in [0.25, 0.3) is 0 Å². The van der Waals surface area contributed by atoms with Gasteiger partial charge >= 0.3 is 0 Å². The molecule has 0 aliphatic carbocycles. The van der Waals surface area contributed by atoms with Gasteiger partial charge in [-0.25, -0.2) is 0 Å². The van der Waals surface area contributed by atoms with Crippen molar-refractivity contribution in [1.29, 1.82) is 0 Å². The van der Waals surface area contributed by atoms with E-state index >= 15 is 0 Å². The lowest BCUT2D eigenvalue weighted by atomic mass is 10.2. The van der Waals surface area contributed by atoms with Crippen molar-refractivity contribution in [3.8, 4) is 0 Å². The number of methoxy groups -OCH3 is 1. The molecule has 2 N–H and O–H groups in total. The Morgan fingerprint density at radius 1 is 1.67 bits per heavy atom. The second-order valence-corrected chi connectivity index (χ2v) is 3.87. The monoisotopic (exact) mass is 172 g/mol. The molecular weight excluding hydrogens is 152 g/mol. The molecule has 1 heterocycles. The maximum absolute atomic E-state index is 5.80. The van der Waals surface area contributed by atoms with E-state index in [4.69, 9.17) is 10.5 Å². The average molecular weight is 172 g/mol. The minimum Gasteiger partial charge on any atom is -0.384 e. The Balaban J connectivity index is 2.14. The molecule has 0 saturated carbocycles. The standard InChI is InChI=1S/C9H20N2O/c1-8(7-12-2)5-11-4-3-9(10)6-11/h8-9H,3-7,10H2,1-2H3. The van der Waals surface area contributed by atoms with Crippen LogP contribution in [0.4, 0.5) is 0 Å². The summed E-state index contributed by atoms with van der Waals surface area (Å²) < 4.78 is 5.08. The van der Waals surface area contributed by atoms with Crippen LogP contribution >= 0.6 is 0 Å². The molecule has 0 amide bonds. The lowest BCUT2D eigenvalue weighted by Crippen LogP contribution is -2.31. The van der Waals surface area contributed by atoms with E-state index in [0.717, 1.165) is 32.7 Å². The van der Waals surface area contributed by atoms with Crippen LogP contribution in [0.2, 0.25) is 0 Å². The fraction of sp³-hybridized carbons (Fsp3) is 1.00. The van der Waals surface area contributed by atoms with Gasteiger partial charge in [0.05, 0.1) is 0 Å². The molecule has 1 aliphatic rings. The number of rotatable bonds is 4. The molecular formula is C9H20N2O. The van der Waals surface area contributed by atoms with Gasteiger partial charge in [-0.1, -0.05) is 6.92 Å². The number of nitrogens with two attached hydrogens (primary N) is 1. The Morgan fingerprint density at radius 3 is 2.92 bits per heavy atom. The number of nitrogens with zero attached hydrogens (tertiary/aromatic N) is 1. The molecule has 12 heavy (non-hydrogen) atoms. The fourth-order valence-electron chi connectivity index (χ4n) is 1.81. The first kappa shape index (κ1) is 9.96. The summed E-state index contributed by atoms with van der Waals surface area (Å²) in [5.41, 5.74) is 5.80. The lowest BCUT2D eigenvalue weighted by Gasteiger charge is -2.19. The third-order valence-corrected chi connectivity index (χ3v) is 2.33. The molecule has 0 aromatic heterocycles. The maximum atomic E-state index is 5.80. The average Bonchev–Trinajstić information content (AvgIpc) is 2.36. The second kappa shape index (κ2) is 4.80. The molecule has 72 valence electrons. The topological polar surface area (TPSA) is 38.5 Å². The van der Waals surface area contributed by atoms with Gasteiger partial charge < -0.3 is 15.4 Å². The number of hydrogen-bond donors (Lipinski definition) is 1. The van der Waals surface area contributed by atoms with Gasteiger partial charge in [0.15, 0.2) is 0 Å². The summed E-state index contributed by atoms with van der Waals surface area (Å²) in [5, 5.41) is 0. The molecule has 3 heteroatoms. The highest BCUT2D eigenvalue weighted by molar-refractivity contribution is 4.78. The minimum atomic E-state index is 0.403. The molecule has 0 spiro atoms. The Labute approximate surface area is 74.9 Å². The lowest BCUT2D eigenvalue weighted by molar-refractivity contribution is 0.137. The molecule has 1 fully saturated rings. The highest BCUT2D eigenvalue weighted by Crippen LogP contribution is 2.09. The van der Waals surface area contributed by atoms with Crippen LogP contribution in [0.15, 0.2) is 0 Å². The fourth-order valence-corrected chi connectivity index (χ4v) is 1.81. The normalized spacial score (nSPS) is 27.8. The first-order valence-corrected chi connectivity index (χ1v) is 4.69. The van der Waals surface area contributed by atoms with Crippen LogP contribution in [0.1, 0.15) is 13.3 Å². The highest BCUT2D eigenvalue weighted by Gasteiger charge is 2.20. The van der Waals surface area contributed by atoms with Crippen molar-refractivity contribution in [3.05, 3.63) is 0 Å². The van der Waals surface area contributed by atoms with E-state index < -0.39 is 0 Å². The molecule has 3 nitrogen and oxygen atoms in total. The summed E-state index contributed by atoms with van der Waals surface area (Å²) in [4.78, 5) is 2.42. The smallest absolute Gasteiger partial charge is 0.0500 e. The minimum absolute atomic E-state index is 0.403. The summed E-state index contributed by atoms with van der Waals surface area (Å²) in [6.45, 7) is 6.42. The first-order valence-electron chi connectivity index (χ1n) is 4.69.